The zero-order chi connectivity index (χ0) is 19.9. The molecule has 2 aromatic carbocycles. The minimum atomic E-state index is -0.135. The molecule has 3 rings (SSSR count). The Morgan fingerprint density at radius 2 is 1.85 bits per heavy atom. The summed E-state index contributed by atoms with van der Waals surface area (Å²) in [6, 6.07) is 11.1. The number of carbonyl (C=O) groups excluding carboxylic acids is 1. The quantitative estimate of drug-likeness (QED) is 0.464. The number of rotatable bonds is 3. The van der Waals surface area contributed by atoms with Gasteiger partial charge in [-0.1, -0.05) is 23.2 Å². The Morgan fingerprint density at radius 3 is 2.44 bits per heavy atom. The van der Waals surface area contributed by atoms with Crippen molar-refractivity contribution >= 4 is 55.8 Å². The van der Waals surface area contributed by atoms with Gasteiger partial charge in [0.25, 0.3) is 0 Å². The van der Waals surface area contributed by atoms with Gasteiger partial charge >= 0.3 is 0 Å². The van der Waals surface area contributed by atoms with Crippen LogP contribution in [0.3, 0.4) is 0 Å². The van der Waals surface area contributed by atoms with Gasteiger partial charge in [-0.3, -0.25) is 4.79 Å². The lowest BCUT2D eigenvalue weighted by atomic mass is 10.0. The molecule has 0 amide bonds. The number of hydrogen-bond donors (Lipinski definition) is 0. The normalized spacial score (nSPS) is 10.6. The molecular formula is C20H12BrCl2N3O. The predicted octanol–water partition coefficient (Wildman–Crippen LogP) is 5.78. The molecule has 0 N–H and O–H groups in total. The van der Waals surface area contributed by atoms with E-state index < -0.39 is 0 Å². The molecule has 27 heavy (non-hydrogen) atoms. The van der Waals surface area contributed by atoms with E-state index in [0.717, 1.165) is 11.2 Å². The van der Waals surface area contributed by atoms with Crippen LogP contribution in [0.5, 0.6) is 0 Å². The summed E-state index contributed by atoms with van der Waals surface area (Å²) in [5, 5.41) is 20.4. The first-order valence-electron chi connectivity index (χ1n) is 7.89. The van der Waals surface area contributed by atoms with E-state index in [1.807, 2.05) is 23.7 Å². The highest BCUT2D eigenvalue weighted by atomic mass is 79.9. The minimum absolute atomic E-state index is 0.135. The number of nitrogens with zero attached hydrogens (tertiary/aromatic N) is 3. The van der Waals surface area contributed by atoms with E-state index in [4.69, 9.17) is 23.2 Å². The summed E-state index contributed by atoms with van der Waals surface area (Å²) in [7, 11) is 1.87. The third kappa shape index (κ3) is 3.24. The highest BCUT2D eigenvalue weighted by Gasteiger charge is 2.19. The molecule has 0 fully saturated rings. The van der Waals surface area contributed by atoms with E-state index in [1.165, 1.54) is 6.92 Å². The molecule has 1 aromatic heterocycles. The van der Waals surface area contributed by atoms with Gasteiger partial charge in [0, 0.05) is 39.6 Å². The van der Waals surface area contributed by atoms with Crippen molar-refractivity contribution in [1.29, 1.82) is 10.5 Å². The van der Waals surface area contributed by atoms with E-state index in [0.29, 0.717) is 48.6 Å². The summed E-state index contributed by atoms with van der Waals surface area (Å²) in [5.41, 5.74) is 3.35. The number of carbonyl (C=O) groups is 1. The van der Waals surface area contributed by atoms with Gasteiger partial charge in [0.2, 0.25) is 0 Å². The van der Waals surface area contributed by atoms with Crippen molar-refractivity contribution < 1.29 is 4.79 Å². The number of hydrogen-bond acceptors (Lipinski definition) is 3. The Balaban J connectivity index is 2.23. The average molecular weight is 461 g/mol. The molecule has 134 valence electrons. The van der Waals surface area contributed by atoms with Gasteiger partial charge in [-0.2, -0.15) is 10.5 Å². The maximum Gasteiger partial charge on any atom is 0.161 e. The second-order valence-corrected chi connectivity index (χ2v) is 7.72. The summed E-state index contributed by atoms with van der Waals surface area (Å²) in [4.78, 5) is 11.8. The van der Waals surface area contributed by atoms with Gasteiger partial charge in [-0.15, -0.1) is 0 Å². The van der Waals surface area contributed by atoms with Crippen LogP contribution in [-0.2, 0) is 13.5 Å². The molecule has 7 heteroatoms. The molecule has 0 unspecified atom stereocenters. The maximum atomic E-state index is 11.8. The Morgan fingerprint density at radius 1 is 1.19 bits per heavy atom. The molecule has 0 aliphatic heterocycles. The van der Waals surface area contributed by atoms with Crippen LogP contribution in [0.4, 0.5) is 0 Å². The molecule has 4 nitrogen and oxygen atoms in total. The number of aryl methyl sites for hydroxylation is 1. The fourth-order valence-corrected chi connectivity index (χ4v) is 4.24. The van der Waals surface area contributed by atoms with Crippen LogP contribution in [0.2, 0.25) is 10.0 Å². The highest BCUT2D eigenvalue weighted by molar-refractivity contribution is 9.10. The van der Waals surface area contributed by atoms with Crippen LogP contribution in [0.15, 0.2) is 28.7 Å². The molecule has 0 aliphatic rings. The first-order valence-corrected chi connectivity index (χ1v) is 9.43. The predicted molar refractivity (Wildman–Crippen MR) is 109 cm³/mol. The number of fused-ring (bicyclic) bond motifs is 1. The van der Waals surface area contributed by atoms with Crippen molar-refractivity contribution in [2.24, 2.45) is 7.05 Å². The largest absolute Gasteiger partial charge is 0.347 e. The number of Topliss-reactive ketones (excluding diaryl/α,β-unsaturated/α-hetero) is 1. The van der Waals surface area contributed by atoms with Crippen LogP contribution in [0.1, 0.15) is 39.7 Å². The van der Waals surface area contributed by atoms with E-state index in [2.05, 4.69) is 28.1 Å². The van der Waals surface area contributed by atoms with Crippen molar-refractivity contribution in [2.45, 2.75) is 13.3 Å². The lowest BCUT2D eigenvalue weighted by molar-refractivity contribution is 0.101. The van der Waals surface area contributed by atoms with Gasteiger partial charge in [0.05, 0.1) is 21.7 Å². The zero-order valence-electron chi connectivity index (χ0n) is 14.4. The summed E-state index contributed by atoms with van der Waals surface area (Å²) in [6.45, 7) is 1.45. The molecule has 0 bridgehead atoms. The summed E-state index contributed by atoms with van der Waals surface area (Å²) < 4.78 is 2.49. The first kappa shape index (κ1) is 19.5. The maximum absolute atomic E-state index is 11.8. The second-order valence-electron chi connectivity index (χ2n) is 6.08. The third-order valence-electron chi connectivity index (χ3n) is 4.55. The van der Waals surface area contributed by atoms with Crippen LogP contribution in [0.25, 0.3) is 10.9 Å². The molecule has 0 saturated carbocycles. The highest BCUT2D eigenvalue weighted by Crippen LogP contribution is 2.34. The molecule has 0 aliphatic carbocycles. The second kappa shape index (κ2) is 7.37. The number of aromatic nitrogens is 1. The summed E-state index contributed by atoms with van der Waals surface area (Å²) in [6.07, 6.45) is 0.383. The first-order chi connectivity index (χ1) is 12.8. The van der Waals surface area contributed by atoms with Gasteiger partial charge in [-0.25, -0.2) is 0 Å². The zero-order valence-corrected chi connectivity index (χ0v) is 17.5. The van der Waals surface area contributed by atoms with Crippen LogP contribution < -0.4 is 0 Å². The Labute approximate surface area is 174 Å². The Hall–Kier alpha value is -2.31. The molecule has 0 saturated heterocycles. The third-order valence-corrected chi connectivity index (χ3v) is 5.96. The standard InChI is InChI=1S/C20H12BrCl2N3O/c1-10(27)12-3-4-18(22)14(20(12)23)6-11-5-13-15(8-24)16(9-25)17(21)7-19(13)26(11)2/h3-5,7H,6H2,1-2H3. The molecule has 0 radical (unpaired) electrons. The smallest absolute Gasteiger partial charge is 0.161 e. The van der Waals surface area contributed by atoms with E-state index in [-0.39, 0.29) is 5.78 Å². The fourth-order valence-electron chi connectivity index (χ4n) is 3.10. The topological polar surface area (TPSA) is 69.6 Å². The lowest BCUT2D eigenvalue weighted by Gasteiger charge is -2.11. The Bertz CT molecular complexity index is 1200. The van der Waals surface area contributed by atoms with Crippen molar-refractivity contribution in [3.63, 3.8) is 0 Å². The van der Waals surface area contributed by atoms with Gasteiger partial charge in [0.1, 0.15) is 12.1 Å². The van der Waals surface area contributed by atoms with Crippen LogP contribution in [0, 0.1) is 22.7 Å². The van der Waals surface area contributed by atoms with Crippen LogP contribution >= 0.6 is 39.1 Å². The molecule has 0 atom stereocenters. The van der Waals surface area contributed by atoms with E-state index in [9.17, 15) is 15.3 Å². The number of nitriles is 2. The van der Waals surface area contributed by atoms with Crippen molar-refractivity contribution in [3.05, 3.63) is 66.7 Å². The monoisotopic (exact) mass is 459 g/mol. The van der Waals surface area contributed by atoms with Crippen LogP contribution in [-0.4, -0.2) is 10.4 Å². The molecule has 1 heterocycles. The molecule has 3 aromatic rings. The lowest BCUT2D eigenvalue weighted by Crippen LogP contribution is -2.02. The molecular weight excluding hydrogens is 449 g/mol. The Kier molecular flexibility index (Phi) is 5.31. The SMILES string of the molecule is CC(=O)c1ccc(Cl)c(Cc2cc3c(C#N)c(C#N)c(Br)cc3n2C)c1Cl. The van der Waals surface area contributed by atoms with Crippen molar-refractivity contribution in [2.75, 3.05) is 0 Å². The van der Waals surface area contributed by atoms with Crippen molar-refractivity contribution in [3.8, 4) is 12.1 Å². The number of ketones is 1. The molecule has 0 spiro atoms. The van der Waals surface area contributed by atoms with Gasteiger partial charge in [0.15, 0.2) is 5.78 Å². The average Bonchev–Trinajstić information content (AvgIpc) is 2.92. The summed E-state index contributed by atoms with van der Waals surface area (Å²) in [5.74, 6) is -0.135. The van der Waals surface area contributed by atoms with Gasteiger partial charge in [-0.05, 0) is 52.7 Å². The van der Waals surface area contributed by atoms with E-state index >= 15 is 0 Å². The van der Waals surface area contributed by atoms with Gasteiger partial charge < -0.3 is 4.57 Å². The number of benzene rings is 2. The minimum Gasteiger partial charge on any atom is -0.347 e. The number of halogens is 3. The summed E-state index contributed by atoms with van der Waals surface area (Å²) >= 11 is 16.1. The fraction of sp³-hybridized carbons (Fsp3) is 0.150. The van der Waals surface area contributed by atoms with Crippen molar-refractivity contribution in [1.82, 2.24) is 4.57 Å². The van der Waals surface area contributed by atoms with E-state index in [1.54, 1.807) is 12.1 Å².